The van der Waals surface area contributed by atoms with E-state index in [1.165, 1.54) is 6.92 Å². The first-order valence-electron chi connectivity index (χ1n) is 8.62. The van der Waals surface area contributed by atoms with Gasteiger partial charge in [-0.25, -0.2) is 4.79 Å². The van der Waals surface area contributed by atoms with E-state index >= 15 is 0 Å². The monoisotopic (exact) mass is 386 g/mol. The molecule has 1 N–H and O–H groups in total. The molecular formula is C20H19ClN2O4. The molecule has 0 radical (unpaired) electrons. The number of anilines is 2. The van der Waals surface area contributed by atoms with E-state index in [4.69, 9.17) is 16.3 Å². The summed E-state index contributed by atoms with van der Waals surface area (Å²) in [6.45, 7) is 2.05. The average molecular weight is 387 g/mol. The fraction of sp³-hybridized carbons (Fsp3) is 0.250. The summed E-state index contributed by atoms with van der Waals surface area (Å²) in [6, 6.07) is 13.4. The zero-order valence-electron chi connectivity index (χ0n) is 14.8. The number of benzene rings is 2. The number of para-hydroxylation sites is 1. The normalized spacial score (nSPS) is 14.7. The number of amides is 2. The summed E-state index contributed by atoms with van der Waals surface area (Å²) < 4.78 is 5.31. The van der Waals surface area contributed by atoms with Gasteiger partial charge >= 0.3 is 5.97 Å². The highest BCUT2D eigenvalue weighted by atomic mass is 35.5. The van der Waals surface area contributed by atoms with E-state index in [9.17, 15) is 14.4 Å². The number of nitrogens with zero attached hydrogens (tertiary/aromatic N) is 1. The number of rotatable bonds is 5. The van der Waals surface area contributed by atoms with Crippen LogP contribution in [0.25, 0.3) is 0 Å². The van der Waals surface area contributed by atoms with E-state index in [-0.39, 0.29) is 11.5 Å². The molecule has 1 saturated heterocycles. The zero-order chi connectivity index (χ0) is 19.4. The number of esters is 1. The van der Waals surface area contributed by atoms with Gasteiger partial charge in [0, 0.05) is 23.7 Å². The molecule has 1 heterocycles. The van der Waals surface area contributed by atoms with Gasteiger partial charge in [-0.1, -0.05) is 29.8 Å². The molecule has 0 spiro atoms. The van der Waals surface area contributed by atoms with Crippen LogP contribution in [0.5, 0.6) is 0 Å². The summed E-state index contributed by atoms with van der Waals surface area (Å²) in [5, 5.41) is 3.14. The molecule has 140 valence electrons. The first-order chi connectivity index (χ1) is 13.0. The van der Waals surface area contributed by atoms with Crippen LogP contribution in [0, 0.1) is 0 Å². The minimum atomic E-state index is -1.01. The van der Waals surface area contributed by atoms with Crippen molar-refractivity contribution in [3.8, 4) is 0 Å². The summed E-state index contributed by atoms with van der Waals surface area (Å²) >= 11 is 5.89. The van der Waals surface area contributed by atoms with Gasteiger partial charge in [0.15, 0.2) is 6.10 Å². The SMILES string of the molecule is C[C@H](OC(=O)c1ccccc1N1CCCC1=O)C(=O)Nc1cccc(Cl)c1. The fourth-order valence-corrected chi connectivity index (χ4v) is 3.06. The Labute approximate surface area is 162 Å². The minimum Gasteiger partial charge on any atom is -0.449 e. The minimum absolute atomic E-state index is 0.0259. The van der Waals surface area contributed by atoms with Crippen molar-refractivity contribution >= 4 is 40.8 Å². The van der Waals surface area contributed by atoms with Gasteiger partial charge in [0.2, 0.25) is 5.91 Å². The van der Waals surface area contributed by atoms with Crippen molar-refractivity contribution in [2.75, 3.05) is 16.8 Å². The Bertz CT molecular complexity index is 884. The van der Waals surface area contributed by atoms with Crippen LogP contribution in [-0.4, -0.2) is 30.4 Å². The van der Waals surface area contributed by atoms with Gasteiger partial charge in [-0.3, -0.25) is 9.59 Å². The summed E-state index contributed by atoms with van der Waals surface area (Å²) in [4.78, 5) is 38.5. The van der Waals surface area contributed by atoms with Crippen LogP contribution in [0.2, 0.25) is 5.02 Å². The number of nitrogens with one attached hydrogen (secondary N) is 1. The number of halogens is 1. The predicted molar refractivity (Wildman–Crippen MR) is 103 cm³/mol. The summed E-state index contributed by atoms with van der Waals surface area (Å²) in [7, 11) is 0. The van der Waals surface area contributed by atoms with E-state index in [1.54, 1.807) is 53.4 Å². The van der Waals surface area contributed by atoms with Gasteiger partial charge in [-0.2, -0.15) is 0 Å². The Kier molecular flexibility index (Phi) is 5.76. The molecule has 1 aliphatic heterocycles. The Morgan fingerprint density at radius 3 is 2.67 bits per heavy atom. The third-order valence-corrected chi connectivity index (χ3v) is 4.47. The van der Waals surface area contributed by atoms with Crippen LogP contribution >= 0.6 is 11.6 Å². The van der Waals surface area contributed by atoms with Gasteiger partial charge < -0.3 is 15.0 Å². The van der Waals surface area contributed by atoms with E-state index in [0.29, 0.717) is 29.4 Å². The fourth-order valence-electron chi connectivity index (χ4n) is 2.87. The second kappa shape index (κ2) is 8.22. The van der Waals surface area contributed by atoms with Crippen molar-refractivity contribution in [1.29, 1.82) is 0 Å². The first-order valence-corrected chi connectivity index (χ1v) is 9.00. The molecule has 1 aliphatic rings. The molecule has 0 saturated carbocycles. The molecule has 0 unspecified atom stereocenters. The van der Waals surface area contributed by atoms with Gasteiger partial charge in [-0.05, 0) is 43.7 Å². The maximum Gasteiger partial charge on any atom is 0.341 e. The second-order valence-electron chi connectivity index (χ2n) is 6.21. The van der Waals surface area contributed by atoms with Crippen LogP contribution in [0.3, 0.4) is 0 Å². The van der Waals surface area contributed by atoms with Crippen molar-refractivity contribution in [3.05, 3.63) is 59.1 Å². The smallest absolute Gasteiger partial charge is 0.341 e. The molecule has 6 nitrogen and oxygen atoms in total. The highest BCUT2D eigenvalue weighted by Gasteiger charge is 2.27. The summed E-state index contributed by atoms with van der Waals surface area (Å²) in [6.07, 6.45) is 0.196. The molecule has 0 aliphatic carbocycles. The average Bonchev–Trinajstić information content (AvgIpc) is 3.07. The van der Waals surface area contributed by atoms with E-state index < -0.39 is 18.0 Å². The van der Waals surface area contributed by atoms with E-state index in [1.807, 2.05) is 0 Å². The number of carbonyl (C=O) groups excluding carboxylic acids is 3. The van der Waals surface area contributed by atoms with Crippen molar-refractivity contribution in [1.82, 2.24) is 0 Å². The lowest BCUT2D eigenvalue weighted by molar-refractivity contribution is -0.123. The molecule has 3 rings (SSSR count). The van der Waals surface area contributed by atoms with Crippen LogP contribution in [0.15, 0.2) is 48.5 Å². The molecule has 27 heavy (non-hydrogen) atoms. The predicted octanol–water partition coefficient (Wildman–Crippen LogP) is 3.65. The van der Waals surface area contributed by atoms with Gasteiger partial charge in [-0.15, -0.1) is 0 Å². The standard InChI is InChI=1S/C20H19ClN2O4/c1-13(19(25)22-15-7-4-6-14(21)12-15)27-20(26)16-8-2-3-9-17(16)23-11-5-10-18(23)24/h2-4,6-9,12-13H,5,10-11H2,1H3,(H,22,25)/t13-/m0/s1. The van der Waals surface area contributed by atoms with E-state index in [2.05, 4.69) is 5.32 Å². The lowest BCUT2D eigenvalue weighted by atomic mass is 10.1. The highest BCUT2D eigenvalue weighted by molar-refractivity contribution is 6.30. The highest BCUT2D eigenvalue weighted by Crippen LogP contribution is 2.26. The molecular weight excluding hydrogens is 368 g/mol. The quantitative estimate of drug-likeness (QED) is 0.796. The molecule has 2 amide bonds. The Hall–Kier alpha value is -2.86. The molecule has 2 aromatic rings. The van der Waals surface area contributed by atoms with Crippen molar-refractivity contribution in [2.24, 2.45) is 0 Å². The molecule has 1 fully saturated rings. The van der Waals surface area contributed by atoms with Crippen LogP contribution in [0.1, 0.15) is 30.1 Å². The van der Waals surface area contributed by atoms with Gasteiger partial charge in [0.1, 0.15) is 0 Å². The van der Waals surface area contributed by atoms with E-state index in [0.717, 1.165) is 6.42 Å². The number of ether oxygens (including phenoxy) is 1. The second-order valence-corrected chi connectivity index (χ2v) is 6.65. The van der Waals surface area contributed by atoms with Crippen LogP contribution in [0.4, 0.5) is 11.4 Å². The van der Waals surface area contributed by atoms with Gasteiger partial charge in [0.25, 0.3) is 5.91 Å². The maximum absolute atomic E-state index is 12.6. The maximum atomic E-state index is 12.6. The van der Waals surface area contributed by atoms with Crippen molar-refractivity contribution in [2.45, 2.75) is 25.9 Å². The Morgan fingerprint density at radius 2 is 1.96 bits per heavy atom. The lowest BCUT2D eigenvalue weighted by Gasteiger charge is -2.20. The third kappa shape index (κ3) is 4.46. The Morgan fingerprint density at radius 1 is 1.19 bits per heavy atom. The summed E-state index contributed by atoms with van der Waals surface area (Å²) in [5.74, 6) is -1.15. The molecule has 2 aromatic carbocycles. The largest absolute Gasteiger partial charge is 0.449 e. The van der Waals surface area contributed by atoms with Crippen LogP contribution < -0.4 is 10.2 Å². The van der Waals surface area contributed by atoms with Crippen molar-refractivity contribution in [3.63, 3.8) is 0 Å². The Balaban J connectivity index is 1.70. The molecule has 1 atom stereocenters. The zero-order valence-corrected chi connectivity index (χ0v) is 15.5. The molecule has 7 heteroatoms. The third-order valence-electron chi connectivity index (χ3n) is 4.23. The van der Waals surface area contributed by atoms with Crippen molar-refractivity contribution < 1.29 is 19.1 Å². The topological polar surface area (TPSA) is 75.7 Å². The lowest BCUT2D eigenvalue weighted by Crippen LogP contribution is -2.31. The first kappa shape index (κ1) is 18.9. The van der Waals surface area contributed by atoms with Gasteiger partial charge in [0.05, 0.1) is 11.3 Å². The molecule has 0 aromatic heterocycles. The number of carbonyl (C=O) groups is 3. The van der Waals surface area contributed by atoms with Crippen LogP contribution in [-0.2, 0) is 14.3 Å². The number of hydrogen-bond acceptors (Lipinski definition) is 4. The summed E-state index contributed by atoms with van der Waals surface area (Å²) in [5.41, 5.74) is 1.28. The molecule has 0 bridgehead atoms. The number of hydrogen-bond donors (Lipinski definition) is 1.